The van der Waals surface area contributed by atoms with Gasteiger partial charge >= 0.3 is 0 Å². The molecule has 7 heteroatoms. The van der Waals surface area contributed by atoms with Gasteiger partial charge in [-0.25, -0.2) is 4.68 Å². The van der Waals surface area contributed by atoms with Gasteiger partial charge in [0.25, 0.3) is 5.91 Å². The van der Waals surface area contributed by atoms with Crippen LogP contribution < -0.4 is 15.8 Å². The molecule has 0 saturated heterocycles. The Morgan fingerprint density at radius 3 is 2.52 bits per heavy atom. The molecule has 1 aliphatic rings. The van der Waals surface area contributed by atoms with Gasteiger partial charge in [-0.05, 0) is 66.6 Å². The molecule has 154 valence electrons. The molecular weight excluding hydrogens is 392 g/mol. The highest BCUT2D eigenvalue weighted by Crippen LogP contribution is 2.36. The summed E-state index contributed by atoms with van der Waals surface area (Å²) in [6.07, 6.45) is 0.660. The van der Waals surface area contributed by atoms with Crippen molar-refractivity contribution in [2.24, 2.45) is 5.73 Å². The number of primary amides is 1. The zero-order valence-electron chi connectivity index (χ0n) is 16.6. The van der Waals surface area contributed by atoms with Gasteiger partial charge < -0.3 is 20.9 Å². The van der Waals surface area contributed by atoms with E-state index in [2.05, 4.69) is 10.4 Å². The van der Waals surface area contributed by atoms with E-state index in [-0.39, 0.29) is 5.75 Å². The predicted octanol–water partition coefficient (Wildman–Crippen LogP) is 4.45. The fraction of sp³-hybridized carbons (Fsp3) is 0.0833. The van der Waals surface area contributed by atoms with E-state index in [4.69, 9.17) is 10.5 Å². The third kappa shape index (κ3) is 3.57. The summed E-state index contributed by atoms with van der Waals surface area (Å²) in [5.74, 6) is 1.62. The second kappa shape index (κ2) is 7.53. The minimum absolute atomic E-state index is 0.203. The number of aromatic nitrogens is 2. The van der Waals surface area contributed by atoms with Gasteiger partial charge in [0.1, 0.15) is 34.3 Å². The SMILES string of the molecule is NC(=O)c1c(-c2ccc(Oc3ccccc3)cc2)nn2c1Nc1ccc(O)cc1CC2. The maximum Gasteiger partial charge on any atom is 0.254 e. The molecule has 1 aromatic heterocycles. The number of aryl methyl sites for hydroxylation is 2. The first-order chi connectivity index (χ1) is 15.1. The number of nitrogens with one attached hydrogen (secondary N) is 1. The van der Waals surface area contributed by atoms with Crippen LogP contribution in [0.4, 0.5) is 11.5 Å². The van der Waals surface area contributed by atoms with Crippen LogP contribution in [-0.4, -0.2) is 20.8 Å². The molecule has 1 amide bonds. The number of carbonyl (C=O) groups is 1. The molecule has 3 aromatic carbocycles. The van der Waals surface area contributed by atoms with E-state index in [0.29, 0.717) is 35.8 Å². The van der Waals surface area contributed by atoms with Crippen LogP contribution in [0.3, 0.4) is 0 Å². The minimum Gasteiger partial charge on any atom is -0.508 e. The number of benzene rings is 3. The number of nitrogens with two attached hydrogens (primary N) is 1. The van der Waals surface area contributed by atoms with Crippen molar-refractivity contribution in [3.8, 4) is 28.5 Å². The molecule has 7 nitrogen and oxygen atoms in total. The van der Waals surface area contributed by atoms with Crippen molar-refractivity contribution in [3.05, 3.63) is 83.9 Å². The number of hydrogen-bond donors (Lipinski definition) is 3. The van der Waals surface area contributed by atoms with Gasteiger partial charge in [0.2, 0.25) is 0 Å². The first-order valence-corrected chi connectivity index (χ1v) is 9.91. The zero-order chi connectivity index (χ0) is 21.4. The number of rotatable bonds is 4. The van der Waals surface area contributed by atoms with Gasteiger partial charge in [0.15, 0.2) is 0 Å². The quantitative estimate of drug-likeness (QED) is 0.430. The predicted molar refractivity (Wildman–Crippen MR) is 118 cm³/mol. The number of phenolic OH excluding ortho intramolecular Hbond substituents is 1. The molecule has 0 bridgehead atoms. The molecule has 0 spiro atoms. The number of hydrogen-bond acceptors (Lipinski definition) is 5. The third-order valence-electron chi connectivity index (χ3n) is 5.24. The van der Waals surface area contributed by atoms with Crippen molar-refractivity contribution in [1.29, 1.82) is 0 Å². The first kappa shape index (κ1) is 18.7. The number of amides is 1. The van der Waals surface area contributed by atoms with E-state index in [1.54, 1.807) is 22.9 Å². The third-order valence-corrected chi connectivity index (χ3v) is 5.24. The highest BCUT2D eigenvalue weighted by atomic mass is 16.5. The summed E-state index contributed by atoms with van der Waals surface area (Å²) in [5, 5.41) is 17.7. The van der Waals surface area contributed by atoms with Crippen LogP contribution >= 0.6 is 0 Å². The highest BCUT2D eigenvalue weighted by molar-refractivity contribution is 6.04. The van der Waals surface area contributed by atoms with Crippen LogP contribution in [-0.2, 0) is 13.0 Å². The summed E-state index contributed by atoms with van der Waals surface area (Å²) in [4.78, 5) is 12.4. The lowest BCUT2D eigenvalue weighted by Crippen LogP contribution is -2.14. The number of carbonyl (C=O) groups excluding carboxylic acids is 1. The van der Waals surface area contributed by atoms with Crippen molar-refractivity contribution in [2.45, 2.75) is 13.0 Å². The maximum absolute atomic E-state index is 12.4. The Labute approximate surface area is 178 Å². The topological polar surface area (TPSA) is 102 Å². The molecule has 0 aliphatic carbocycles. The van der Waals surface area contributed by atoms with Gasteiger partial charge in [-0.1, -0.05) is 18.2 Å². The first-order valence-electron chi connectivity index (χ1n) is 9.91. The summed E-state index contributed by atoms with van der Waals surface area (Å²) in [6.45, 7) is 0.550. The molecule has 0 saturated carbocycles. The molecular formula is C24H20N4O3. The summed E-state index contributed by atoms with van der Waals surface area (Å²) < 4.78 is 7.59. The van der Waals surface area contributed by atoms with Crippen LogP contribution in [0.2, 0.25) is 0 Å². The zero-order valence-corrected chi connectivity index (χ0v) is 16.6. The molecule has 4 aromatic rings. The van der Waals surface area contributed by atoms with Gasteiger partial charge in [0, 0.05) is 17.8 Å². The van der Waals surface area contributed by atoms with E-state index in [0.717, 1.165) is 22.6 Å². The van der Waals surface area contributed by atoms with E-state index >= 15 is 0 Å². The normalized spacial score (nSPS) is 12.3. The lowest BCUT2D eigenvalue weighted by atomic mass is 10.1. The lowest BCUT2D eigenvalue weighted by molar-refractivity contribution is 0.100. The fourth-order valence-electron chi connectivity index (χ4n) is 3.75. The summed E-state index contributed by atoms with van der Waals surface area (Å²) in [6, 6.07) is 22.0. The average Bonchev–Trinajstić information content (AvgIpc) is 3.04. The number of nitrogens with zero attached hydrogens (tertiary/aromatic N) is 2. The van der Waals surface area contributed by atoms with Crippen LogP contribution in [0.5, 0.6) is 17.2 Å². The van der Waals surface area contributed by atoms with Crippen LogP contribution in [0, 0.1) is 0 Å². The van der Waals surface area contributed by atoms with E-state index in [1.807, 2.05) is 54.6 Å². The number of para-hydroxylation sites is 1. The molecule has 31 heavy (non-hydrogen) atoms. The number of fused-ring (bicyclic) bond motifs is 2. The van der Waals surface area contributed by atoms with Crippen molar-refractivity contribution in [1.82, 2.24) is 9.78 Å². The van der Waals surface area contributed by atoms with E-state index in [1.165, 1.54) is 0 Å². The molecule has 2 heterocycles. The van der Waals surface area contributed by atoms with Crippen LogP contribution in [0.1, 0.15) is 15.9 Å². The summed E-state index contributed by atoms with van der Waals surface area (Å²) in [5.41, 5.74) is 9.13. The average molecular weight is 412 g/mol. The van der Waals surface area contributed by atoms with Crippen molar-refractivity contribution in [2.75, 3.05) is 5.32 Å². The minimum atomic E-state index is -0.560. The Kier molecular flexibility index (Phi) is 4.55. The van der Waals surface area contributed by atoms with Crippen molar-refractivity contribution < 1.29 is 14.6 Å². The Balaban J connectivity index is 1.50. The van der Waals surface area contributed by atoms with Crippen LogP contribution in [0.15, 0.2) is 72.8 Å². The van der Waals surface area contributed by atoms with Gasteiger partial charge in [-0.3, -0.25) is 4.79 Å². The maximum atomic E-state index is 12.4. The molecule has 5 rings (SSSR count). The smallest absolute Gasteiger partial charge is 0.254 e. The number of anilines is 2. The van der Waals surface area contributed by atoms with E-state index in [9.17, 15) is 9.90 Å². The van der Waals surface area contributed by atoms with Crippen molar-refractivity contribution >= 4 is 17.4 Å². The Bertz CT molecular complexity index is 1260. The molecule has 0 radical (unpaired) electrons. The summed E-state index contributed by atoms with van der Waals surface area (Å²) in [7, 11) is 0. The Morgan fingerprint density at radius 2 is 1.77 bits per heavy atom. The largest absolute Gasteiger partial charge is 0.508 e. The monoisotopic (exact) mass is 412 g/mol. The summed E-state index contributed by atoms with van der Waals surface area (Å²) >= 11 is 0. The van der Waals surface area contributed by atoms with Gasteiger partial charge in [-0.15, -0.1) is 0 Å². The van der Waals surface area contributed by atoms with Crippen LogP contribution in [0.25, 0.3) is 11.3 Å². The second-order valence-corrected chi connectivity index (χ2v) is 7.32. The van der Waals surface area contributed by atoms with Crippen molar-refractivity contribution in [3.63, 3.8) is 0 Å². The number of phenols is 1. The standard InChI is InChI=1S/C24H20N4O3/c25-23(30)21-22(15-6-9-19(10-7-15)31-18-4-2-1-3-5-18)27-28-13-12-16-14-17(29)8-11-20(16)26-24(21)28/h1-11,14,26,29H,12-13H2,(H2,25,30). The van der Waals surface area contributed by atoms with Gasteiger partial charge in [-0.2, -0.15) is 5.10 Å². The molecule has 0 unspecified atom stereocenters. The molecule has 4 N–H and O–H groups in total. The highest BCUT2D eigenvalue weighted by Gasteiger charge is 2.26. The second-order valence-electron chi connectivity index (χ2n) is 7.32. The lowest BCUT2D eigenvalue weighted by Gasteiger charge is -2.09. The van der Waals surface area contributed by atoms with E-state index < -0.39 is 5.91 Å². The molecule has 0 fully saturated rings. The molecule has 0 atom stereocenters. The molecule has 1 aliphatic heterocycles. The Morgan fingerprint density at radius 1 is 1.03 bits per heavy atom. The Hall–Kier alpha value is -4.26. The number of aromatic hydroxyl groups is 1. The fourth-order valence-corrected chi connectivity index (χ4v) is 3.75. The van der Waals surface area contributed by atoms with Gasteiger partial charge in [0.05, 0.1) is 0 Å². The number of ether oxygens (including phenoxy) is 1.